The summed E-state index contributed by atoms with van der Waals surface area (Å²) < 4.78 is 0. The van der Waals surface area contributed by atoms with E-state index in [0.717, 1.165) is 19.6 Å². The molecule has 0 spiro atoms. The van der Waals surface area contributed by atoms with Crippen LogP contribution in [0.4, 0.5) is 0 Å². The lowest BCUT2D eigenvalue weighted by molar-refractivity contribution is 0.370. The van der Waals surface area contributed by atoms with Crippen molar-refractivity contribution >= 4 is 0 Å². The molecule has 0 saturated carbocycles. The second-order valence-corrected chi connectivity index (χ2v) is 5.75. The molecule has 0 radical (unpaired) electrons. The molecule has 1 unspecified atom stereocenters. The van der Waals surface area contributed by atoms with Gasteiger partial charge in [0.1, 0.15) is 0 Å². The van der Waals surface area contributed by atoms with E-state index in [2.05, 4.69) is 52.1 Å². The minimum absolute atomic E-state index is 0.566. The maximum atomic E-state index is 5.79. The van der Waals surface area contributed by atoms with E-state index in [4.69, 9.17) is 5.73 Å². The van der Waals surface area contributed by atoms with E-state index in [0.29, 0.717) is 11.8 Å². The summed E-state index contributed by atoms with van der Waals surface area (Å²) >= 11 is 0. The molecule has 0 saturated heterocycles. The van der Waals surface area contributed by atoms with Gasteiger partial charge in [-0.25, -0.2) is 0 Å². The highest BCUT2D eigenvalue weighted by molar-refractivity contribution is 5.37. The zero-order valence-corrected chi connectivity index (χ0v) is 12.5. The predicted molar refractivity (Wildman–Crippen MR) is 79.7 cm³/mol. The first-order valence-corrected chi connectivity index (χ1v) is 6.93. The Balaban J connectivity index is 2.59. The lowest BCUT2D eigenvalue weighted by Gasteiger charge is -2.20. The Bertz CT molecular complexity index is 360. The Labute approximate surface area is 112 Å². The molecule has 0 bridgehead atoms. The number of benzene rings is 1. The molecular formula is C16H28N2. The van der Waals surface area contributed by atoms with Crippen LogP contribution in [0.1, 0.15) is 36.1 Å². The van der Waals surface area contributed by atoms with Gasteiger partial charge in [-0.05, 0) is 62.4 Å². The molecule has 2 heteroatoms. The van der Waals surface area contributed by atoms with Gasteiger partial charge in [-0.3, -0.25) is 0 Å². The number of nitrogens with one attached hydrogen (secondary N) is 1. The van der Waals surface area contributed by atoms with E-state index < -0.39 is 0 Å². The van der Waals surface area contributed by atoms with Crippen molar-refractivity contribution in [2.24, 2.45) is 17.6 Å². The van der Waals surface area contributed by atoms with Crippen molar-refractivity contribution in [3.63, 3.8) is 0 Å². The molecule has 18 heavy (non-hydrogen) atoms. The third-order valence-electron chi connectivity index (χ3n) is 3.79. The van der Waals surface area contributed by atoms with Crippen molar-refractivity contribution < 1.29 is 0 Å². The first-order valence-electron chi connectivity index (χ1n) is 6.93. The van der Waals surface area contributed by atoms with Crippen LogP contribution >= 0.6 is 0 Å². The van der Waals surface area contributed by atoms with Crippen LogP contribution in [-0.2, 0) is 6.54 Å². The standard InChI is InChI=1S/C16H28N2/c1-11(2)15(8-17)9-18-10-16-13(4)6-12(3)7-14(16)5/h6-7,11,15,18H,8-10,17H2,1-5H3. The molecule has 0 aromatic heterocycles. The van der Waals surface area contributed by atoms with E-state index in [1.165, 1.54) is 22.3 Å². The molecule has 102 valence electrons. The Morgan fingerprint density at radius 2 is 1.67 bits per heavy atom. The molecule has 0 aliphatic carbocycles. The third kappa shape index (κ3) is 4.11. The highest BCUT2D eigenvalue weighted by Crippen LogP contribution is 2.16. The Kier molecular flexibility index (Phi) is 5.83. The highest BCUT2D eigenvalue weighted by atomic mass is 14.9. The molecule has 1 rings (SSSR count). The summed E-state index contributed by atoms with van der Waals surface area (Å²) in [6, 6.07) is 4.51. The minimum atomic E-state index is 0.566. The molecule has 0 heterocycles. The fourth-order valence-electron chi connectivity index (χ4n) is 2.46. The third-order valence-corrected chi connectivity index (χ3v) is 3.79. The predicted octanol–water partition coefficient (Wildman–Crippen LogP) is 2.93. The normalized spacial score (nSPS) is 13.1. The van der Waals surface area contributed by atoms with Gasteiger partial charge in [0, 0.05) is 6.54 Å². The molecule has 1 aromatic carbocycles. The second kappa shape index (κ2) is 6.91. The van der Waals surface area contributed by atoms with Crippen LogP contribution in [0.5, 0.6) is 0 Å². The molecule has 0 aliphatic rings. The monoisotopic (exact) mass is 248 g/mol. The van der Waals surface area contributed by atoms with Gasteiger partial charge >= 0.3 is 0 Å². The topological polar surface area (TPSA) is 38.0 Å². The lowest BCUT2D eigenvalue weighted by atomic mass is 9.95. The van der Waals surface area contributed by atoms with Crippen LogP contribution < -0.4 is 11.1 Å². The number of rotatable bonds is 6. The van der Waals surface area contributed by atoms with Crippen molar-refractivity contribution in [3.05, 3.63) is 34.4 Å². The Morgan fingerprint density at radius 3 is 2.11 bits per heavy atom. The van der Waals surface area contributed by atoms with Crippen molar-refractivity contribution in [2.75, 3.05) is 13.1 Å². The number of aryl methyl sites for hydroxylation is 3. The lowest BCUT2D eigenvalue weighted by Crippen LogP contribution is -2.31. The second-order valence-electron chi connectivity index (χ2n) is 5.75. The number of hydrogen-bond donors (Lipinski definition) is 2. The number of nitrogens with two attached hydrogens (primary N) is 1. The largest absolute Gasteiger partial charge is 0.330 e. The van der Waals surface area contributed by atoms with E-state index >= 15 is 0 Å². The van der Waals surface area contributed by atoms with Crippen LogP contribution in [0.15, 0.2) is 12.1 Å². The van der Waals surface area contributed by atoms with Gasteiger partial charge in [-0.15, -0.1) is 0 Å². The SMILES string of the molecule is Cc1cc(C)c(CNCC(CN)C(C)C)c(C)c1. The number of hydrogen-bond acceptors (Lipinski definition) is 2. The van der Waals surface area contributed by atoms with Gasteiger partial charge in [-0.2, -0.15) is 0 Å². The summed E-state index contributed by atoms with van der Waals surface area (Å²) in [6.45, 7) is 13.7. The van der Waals surface area contributed by atoms with Gasteiger partial charge < -0.3 is 11.1 Å². The zero-order chi connectivity index (χ0) is 13.7. The molecule has 0 fully saturated rings. The molecular weight excluding hydrogens is 220 g/mol. The quantitative estimate of drug-likeness (QED) is 0.812. The highest BCUT2D eigenvalue weighted by Gasteiger charge is 2.11. The molecule has 3 N–H and O–H groups in total. The van der Waals surface area contributed by atoms with Gasteiger partial charge in [0.25, 0.3) is 0 Å². The minimum Gasteiger partial charge on any atom is -0.330 e. The fraction of sp³-hybridized carbons (Fsp3) is 0.625. The average Bonchev–Trinajstić information content (AvgIpc) is 2.26. The first kappa shape index (κ1) is 15.2. The average molecular weight is 248 g/mol. The van der Waals surface area contributed by atoms with Gasteiger partial charge in [0.15, 0.2) is 0 Å². The summed E-state index contributed by atoms with van der Waals surface area (Å²) in [5.41, 5.74) is 11.3. The van der Waals surface area contributed by atoms with Crippen molar-refractivity contribution in [1.82, 2.24) is 5.32 Å². The summed E-state index contributed by atoms with van der Waals surface area (Å²) in [5, 5.41) is 3.56. The first-order chi connectivity index (χ1) is 8.45. The Hall–Kier alpha value is -0.860. The summed E-state index contributed by atoms with van der Waals surface area (Å²) in [5.74, 6) is 1.21. The van der Waals surface area contributed by atoms with Crippen molar-refractivity contribution in [3.8, 4) is 0 Å². The van der Waals surface area contributed by atoms with E-state index in [-0.39, 0.29) is 0 Å². The molecule has 0 amide bonds. The maximum Gasteiger partial charge on any atom is 0.0210 e. The smallest absolute Gasteiger partial charge is 0.0210 e. The van der Waals surface area contributed by atoms with Crippen LogP contribution in [0.25, 0.3) is 0 Å². The van der Waals surface area contributed by atoms with Crippen LogP contribution in [0, 0.1) is 32.6 Å². The molecule has 1 aromatic rings. The maximum absolute atomic E-state index is 5.79. The fourth-order valence-corrected chi connectivity index (χ4v) is 2.46. The Morgan fingerprint density at radius 1 is 1.11 bits per heavy atom. The zero-order valence-electron chi connectivity index (χ0n) is 12.5. The van der Waals surface area contributed by atoms with Crippen molar-refractivity contribution in [1.29, 1.82) is 0 Å². The summed E-state index contributed by atoms with van der Waals surface area (Å²) in [4.78, 5) is 0. The molecule has 0 aliphatic heterocycles. The van der Waals surface area contributed by atoms with E-state index in [1.807, 2.05) is 0 Å². The van der Waals surface area contributed by atoms with Gasteiger partial charge in [-0.1, -0.05) is 31.5 Å². The summed E-state index contributed by atoms with van der Waals surface area (Å²) in [6.07, 6.45) is 0. The molecule has 2 nitrogen and oxygen atoms in total. The molecule has 1 atom stereocenters. The van der Waals surface area contributed by atoms with Crippen LogP contribution in [0.3, 0.4) is 0 Å². The van der Waals surface area contributed by atoms with Crippen LogP contribution in [0.2, 0.25) is 0 Å². The van der Waals surface area contributed by atoms with Crippen molar-refractivity contribution in [2.45, 2.75) is 41.2 Å². The van der Waals surface area contributed by atoms with E-state index in [9.17, 15) is 0 Å². The summed E-state index contributed by atoms with van der Waals surface area (Å²) in [7, 11) is 0. The van der Waals surface area contributed by atoms with Crippen LogP contribution in [-0.4, -0.2) is 13.1 Å². The van der Waals surface area contributed by atoms with E-state index in [1.54, 1.807) is 0 Å². The van der Waals surface area contributed by atoms with Gasteiger partial charge in [0.2, 0.25) is 0 Å². The van der Waals surface area contributed by atoms with Gasteiger partial charge in [0.05, 0.1) is 0 Å².